The summed E-state index contributed by atoms with van der Waals surface area (Å²) in [6.07, 6.45) is 6.68. The Morgan fingerprint density at radius 1 is 1.24 bits per heavy atom. The van der Waals surface area contributed by atoms with Gasteiger partial charge in [0.15, 0.2) is 0 Å². The van der Waals surface area contributed by atoms with E-state index in [-0.39, 0.29) is 17.6 Å². The smallest absolute Gasteiger partial charge is 0.253 e. The molecule has 3 N–H and O–H groups in total. The Hall–Kier alpha value is -1.39. The number of nitrogens with two attached hydrogens (primary N) is 1. The van der Waals surface area contributed by atoms with Gasteiger partial charge in [-0.25, -0.2) is 0 Å². The number of fused-ring (bicyclic) bond motifs is 1. The Labute approximate surface area is 126 Å². The van der Waals surface area contributed by atoms with Gasteiger partial charge in [0, 0.05) is 12.2 Å². The van der Waals surface area contributed by atoms with Crippen molar-refractivity contribution in [2.24, 2.45) is 5.73 Å². The van der Waals surface area contributed by atoms with Crippen molar-refractivity contribution in [1.82, 2.24) is 0 Å². The Kier molecular flexibility index (Phi) is 4.27. The molecule has 1 unspecified atom stereocenters. The van der Waals surface area contributed by atoms with Crippen LogP contribution in [0, 0.1) is 0 Å². The largest absolute Gasteiger partial charge is 0.361 e. The van der Waals surface area contributed by atoms with E-state index in [0.717, 1.165) is 44.2 Å². The fraction of sp³-hybridized carbons (Fsp3) is 0.588. The summed E-state index contributed by atoms with van der Waals surface area (Å²) in [5, 5.41) is 3.00. The van der Waals surface area contributed by atoms with E-state index < -0.39 is 0 Å². The number of hydrogen-bond donors (Lipinski definition) is 2. The van der Waals surface area contributed by atoms with Gasteiger partial charge in [-0.3, -0.25) is 4.79 Å². The van der Waals surface area contributed by atoms with Crippen LogP contribution in [0.25, 0.3) is 0 Å². The number of rotatable bonds is 3. The first-order valence-corrected chi connectivity index (χ1v) is 7.99. The first-order chi connectivity index (χ1) is 10.2. The van der Waals surface area contributed by atoms with E-state index in [0.29, 0.717) is 6.54 Å². The SMILES string of the molecule is NCC1(OC2CCc3ccccc3NC2=O)CCCCC1. The third-order valence-electron chi connectivity index (χ3n) is 4.77. The lowest BCUT2D eigenvalue weighted by Crippen LogP contribution is -2.47. The molecule has 1 heterocycles. The van der Waals surface area contributed by atoms with Gasteiger partial charge in [-0.1, -0.05) is 37.5 Å². The molecule has 1 aromatic carbocycles. The van der Waals surface area contributed by atoms with E-state index in [2.05, 4.69) is 11.4 Å². The molecule has 1 saturated carbocycles. The highest BCUT2D eigenvalue weighted by atomic mass is 16.5. The molecule has 3 rings (SSSR count). The molecule has 114 valence electrons. The van der Waals surface area contributed by atoms with Gasteiger partial charge in [-0.15, -0.1) is 0 Å². The number of amides is 1. The fourth-order valence-electron chi connectivity index (χ4n) is 3.47. The summed E-state index contributed by atoms with van der Waals surface area (Å²) in [6, 6.07) is 7.98. The number of ether oxygens (including phenoxy) is 1. The van der Waals surface area contributed by atoms with Crippen molar-refractivity contribution in [3.63, 3.8) is 0 Å². The molecule has 0 aromatic heterocycles. The Bertz CT molecular complexity index is 509. The predicted octanol–water partition coefficient (Wildman–Crippen LogP) is 2.62. The number of benzene rings is 1. The maximum Gasteiger partial charge on any atom is 0.253 e. The van der Waals surface area contributed by atoms with Gasteiger partial charge in [0.2, 0.25) is 0 Å². The van der Waals surface area contributed by atoms with E-state index in [1.54, 1.807) is 0 Å². The molecule has 1 fully saturated rings. The number of hydrogen-bond acceptors (Lipinski definition) is 3. The van der Waals surface area contributed by atoms with E-state index in [1.165, 1.54) is 12.0 Å². The molecule has 0 radical (unpaired) electrons. The molecule has 1 atom stereocenters. The number of aryl methyl sites for hydroxylation is 1. The van der Waals surface area contributed by atoms with Crippen LogP contribution in [0.15, 0.2) is 24.3 Å². The second kappa shape index (κ2) is 6.16. The van der Waals surface area contributed by atoms with E-state index >= 15 is 0 Å². The molecule has 1 amide bonds. The lowest BCUT2D eigenvalue weighted by molar-refractivity contribution is -0.147. The summed E-state index contributed by atoms with van der Waals surface area (Å²) >= 11 is 0. The van der Waals surface area contributed by atoms with Crippen molar-refractivity contribution in [3.8, 4) is 0 Å². The molecule has 4 nitrogen and oxygen atoms in total. The number of nitrogens with one attached hydrogen (secondary N) is 1. The van der Waals surface area contributed by atoms with Crippen LogP contribution < -0.4 is 11.1 Å². The topological polar surface area (TPSA) is 64.3 Å². The normalized spacial score (nSPS) is 24.8. The highest BCUT2D eigenvalue weighted by Gasteiger charge is 2.37. The average molecular weight is 288 g/mol. The summed E-state index contributed by atoms with van der Waals surface area (Å²) < 4.78 is 6.26. The van der Waals surface area contributed by atoms with Crippen LogP contribution in [-0.2, 0) is 16.0 Å². The van der Waals surface area contributed by atoms with Gasteiger partial charge in [0.05, 0.1) is 5.60 Å². The molecule has 0 spiro atoms. The van der Waals surface area contributed by atoms with Gasteiger partial charge in [0.25, 0.3) is 5.91 Å². The predicted molar refractivity (Wildman–Crippen MR) is 83.1 cm³/mol. The first-order valence-electron chi connectivity index (χ1n) is 7.99. The van der Waals surface area contributed by atoms with Crippen LogP contribution in [0.1, 0.15) is 44.1 Å². The molecule has 1 aliphatic heterocycles. The van der Waals surface area contributed by atoms with Crippen LogP contribution >= 0.6 is 0 Å². The van der Waals surface area contributed by atoms with Crippen LogP contribution in [0.5, 0.6) is 0 Å². The van der Waals surface area contributed by atoms with E-state index in [4.69, 9.17) is 10.5 Å². The summed E-state index contributed by atoms with van der Waals surface area (Å²) in [6.45, 7) is 0.504. The second-order valence-electron chi connectivity index (χ2n) is 6.24. The number of para-hydroxylation sites is 1. The second-order valence-corrected chi connectivity index (χ2v) is 6.24. The number of anilines is 1. The quantitative estimate of drug-likeness (QED) is 0.898. The molecular weight excluding hydrogens is 264 g/mol. The van der Waals surface area contributed by atoms with E-state index in [9.17, 15) is 4.79 Å². The minimum Gasteiger partial charge on any atom is -0.361 e. The minimum absolute atomic E-state index is 0.0293. The van der Waals surface area contributed by atoms with E-state index in [1.807, 2.05) is 18.2 Å². The molecule has 4 heteroatoms. The summed E-state index contributed by atoms with van der Waals surface area (Å²) in [5.41, 5.74) is 7.77. The maximum absolute atomic E-state index is 12.4. The van der Waals surface area contributed by atoms with Gasteiger partial charge < -0.3 is 15.8 Å². The van der Waals surface area contributed by atoms with Crippen molar-refractivity contribution in [1.29, 1.82) is 0 Å². The van der Waals surface area contributed by atoms with Crippen molar-refractivity contribution >= 4 is 11.6 Å². The average Bonchev–Trinajstić information content (AvgIpc) is 2.68. The highest BCUT2D eigenvalue weighted by Crippen LogP contribution is 2.34. The molecule has 0 bridgehead atoms. The maximum atomic E-state index is 12.4. The summed E-state index contributed by atoms with van der Waals surface area (Å²) in [4.78, 5) is 12.4. The van der Waals surface area contributed by atoms with Crippen molar-refractivity contribution < 1.29 is 9.53 Å². The molecule has 1 aromatic rings. The van der Waals surface area contributed by atoms with Crippen LogP contribution in [0.2, 0.25) is 0 Å². The number of carbonyl (C=O) groups is 1. The molecular formula is C17H24N2O2. The Morgan fingerprint density at radius 3 is 2.76 bits per heavy atom. The molecule has 2 aliphatic rings. The van der Waals surface area contributed by atoms with Crippen molar-refractivity contribution in [2.75, 3.05) is 11.9 Å². The monoisotopic (exact) mass is 288 g/mol. The van der Waals surface area contributed by atoms with Crippen LogP contribution in [0.4, 0.5) is 5.69 Å². The summed E-state index contributed by atoms with van der Waals surface area (Å²) in [7, 11) is 0. The number of carbonyl (C=O) groups excluding carboxylic acids is 1. The Morgan fingerprint density at radius 2 is 2.00 bits per heavy atom. The fourth-order valence-corrected chi connectivity index (χ4v) is 3.47. The zero-order valence-corrected chi connectivity index (χ0v) is 12.4. The zero-order chi connectivity index (χ0) is 14.7. The summed E-state index contributed by atoms with van der Waals surface area (Å²) in [5.74, 6) is -0.0293. The van der Waals surface area contributed by atoms with Gasteiger partial charge in [-0.2, -0.15) is 0 Å². The molecule has 21 heavy (non-hydrogen) atoms. The van der Waals surface area contributed by atoms with Gasteiger partial charge in [-0.05, 0) is 37.3 Å². The first kappa shape index (κ1) is 14.5. The van der Waals surface area contributed by atoms with Gasteiger partial charge in [0.1, 0.15) is 6.10 Å². The van der Waals surface area contributed by atoms with Crippen molar-refractivity contribution in [3.05, 3.63) is 29.8 Å². The third kappa shape index (κ3) is 3.11. The molecule has 0 saturated heterocycles. The van der Waals surface area contributed by atoms with Crippen molar-refractivity contribution in [2.45, 2.75) is 56.7 Å². The molecule has 1 aliphatic carbocycles. The lowest BCUT2D eigenvalue weighted by atomic mass is 9.84. The zero-order valence-electron chi connectivity index (χ0n) is 12.4. The third-order valence-corrected chi connectivity index (χ3v) is 4.77. The Balaban J connectivity index is 1.73. The highest BCUT2D eigenvalue weighted by molar-refractivity contribution is 5.95. The standard InChI is InChI=1S/C17H24N2O2/c18-12-17(10-4-1-5-11-17)21-15-9-8-13-6-2-3-7-14(13)19-16(15)20/h2-3,6-7,15H,1,4-5,8-12,18H2,(H,19,20). The minimum atomic E-state index is -0.390. The van der Waals surface area contributed by atoms with Crippen LogP contribution in [-0.4, -0.2) is 24.2 Å². The van der Waals surface area contributed by atoms with Crippen LogP contribution in [0.3, 0.4) is 0 Å². The van der Waals surface area contributed by atoms with Gasteiger partial charge >= 0.3 is 0 Å². The lowest BCUT2D eigenvalue weighted by Gasteiger charge is -2.38.